The van der Waals surface area contributed by atoms with E-state index in [9.17, 15) is 13.2 Å². The van der Waals surface area contributed by atoms with Crippen molar-refractivity contribution >= 4 is 5.69 Å². The number of benzene rings is 2. The maximum atomic E-state index is 13.3. The zero-order valence-corrected chi connectivity index (χ0v) is 15.2. The number of ether oxygens (including phenoxy) is 1. The fourth-order valence-corrected chi connectivity index (χ4v) is 2.96. The predicted octanol–water partition coefficient (Wildman–Crippen LogP) is 4.36. The molecule has 0 heterocycles. The summed E-state index contributed by atoms with van der Waals surface area (Å²) in [5.74, 6) is 1.12. The molecule has 28 heavy (non-hydrogen) atoms. The van der Waals surface area contributed by atoms with Gasteiger partial charge in [-0.2, -0.15) is 18.4 Å². The van der Waals surface area contributed by atoms with Gasteiger partial charge in [-0.05, 0) is 54.7 Å². The lowest BCUT2D eigenvalue weighted by Crippen LogP contribution is -2.30. The Kier molecular flexibility index (Phi) is 6.10. The fraction of sp³-hybridized carbons (Fsp3) is 0.381. The average Bonchev–Trinajstić information content (AvgIpc) is 3.50. The molecule has 0 radical (unpaired) electrons. The van der Waals surface area contributed by atoms with Gasteiger partial charge in [0.1, 0.15) is 12.4 Å². The standard InChI is InChI=1S/C21H21F3N2O2/c22-21(23,24)20-11-18(6-5-17(20)12-25)26(13-15-1-2-15)9-10-28-19-7-3-16(14-27)4-8-19/h3-8,11,15,27H,1-2,9-10,13-14H2. The monoisotopic (exact) mass is 390 g/mol. The van der Waals surface area contributed by atoms with Crippen molar-refractivity contribution in [3.63, 3.8) is 0 Å². The first-order valence-corrected chi connectivity index (χ1v) is 9.09. The molecule has 0 bridgehead atoms. The lowest BCUT2D eigenvalue weighted by atomic mass is 10.1. The van der Waals surface area contributed by atoms with Gasteiger partial charge < -0.3 is 14.7 Å². The molecule has 148 valence electrons. The van der Waals surface area contributed by atoms with Crippen molar-refractivity contribution in [2.45, 2.75) is 25.6 Å². The molecule has 0 amide bonds. The fourth-order valence-electron chi connectivity index (χ4n) is 2.96. The summed E-state index contributed by atoms with van der Waals surface area (Å²) < 4.78 is 45.5. The van der Waals surface area contributed by atoms with Crippen molar-refractivity contribution in [2.75, 3.05) is 24.6 Å². The van der Waals surface area contributed by atoms with Crippen molar-refractivity contribution in [1.82, 2.24) is 0 Å². The summed E-state index contributed by atoms with van der Waals surface area (Å²) >= 11 is 0. The summed E-state index contributed by atoms with van der Waals surface area (Å²) in [7, 11) is 0. The summed E-state index contributed by atoms with van der Waals surface area (Å²) in [6.45, 7) is 1.36. The van der Waals surface area contributed by atoms with Gasteiger partial charge in [0.05, 0.1) is 30.3 Å². The van der Waals surface area contributed by atoms with Crippen LogP contribution in [-0.2, 0) is 12.8 Å². The molecule has 0 atom stereocenters. The molecule has 0 spiro atoms. The molecule has 4 nitrogen and oxygen atoms in total. The van der Waals surface area contributed by atoms with Crippen LogP contribution in [0.15, 0.2) is 42.5 Å². The molecule has 3 rings (SSSR count). The van der Waals surface area contributed by atoms with E-state index in [0.29, 0.717) is 37.1 Å². The molecular weight excluding hydrogens is 369 g/mol. The molecule has 1 aliphatic rings. The van der Waals surface area contributed by atoms with E-state index in [-0.39, 0.29) is 12.2 Å². The molecule has 2 aromatic rings. The van der Waals surface area contributed by atoms with E-state index in [0.717, 1.165) is 24.5 Å². The molecule has 0 aromatic heterocycles. The van der Waals surface area contributed by atoms with Crippen LogP contribution in [0.3, 0.4) is 0 Å². The summed E-state index contributed by atoms with van der Waals surface area (Å²) in [6, 6.07) is 12.5. The van der Waals surface area contributed by atoms with Crippen LogP contribution < -0.4 is 9.64 Å². The van der Waals surface area contributed by atoms with E-state index < -0.39 is 11.7 Å². The number of nitrogens with zero attached hydrogens (tertiary/aromatic N) is 2. The largest absolute Gasteiger partial charge is 0.492 e. The minimum Gasteiger partial charge on any atom is -0.492 e. The van der Waals surface area contributed by atoms with Crippen LogP contribution in [0, 0.1) is 17.2 Å². The Balaban J connectivity index is 1.72. The van der Waals surface area contributed by atoms with E-state index in [2.05, 4.69) is 0 Å². The third-order valence-corrected chi connectivity index (χ3v) is 4.71. The Hall–Kier alpha value is -2.72. The highest BCUT2D eigenvalue weighted by Crippen LogP contribution is 2.36. The first-order valence-electron chi connectivity index (χ1n) is 9.09. The molecule has 1 aliphatic carbocycles. The maximum absolute atomic E-state index is 13.3. The van der Waals surface area contributed by atoms with Gasteiger partial charge in [0.25, 0.3) is 0 Å². The molecule has 1 N–H and O–H groups in total. The zero-order chi connectivity index (χ0) is 20.1. The molecule has 0 unspecified atom stereocenters. The van der Waals surface area contributed by atoms with Gasteiger partial charge in [-0.25, -0.2) is 0 Å². The first-order chi connectivity index (χ1) is 13.4. The van der Waals surface area contributed by atoms with Gasteiger partial charge >= 0.3 is 6.18 Å². The van der Waals surface area contributed by atoms with Crippen LogP contribution in [0.5, 0.6) is 5.75 Å². The quantitative estimate of drug-likeness (QED) is 0.728. The Bertz CT molecular complexity index is 840. The number of anilines is 1. The van der Waals surface area contributed by atoms with Crippen LogP contribution in [-0.4, -0.2) is 24.8 Å². The lowest BCUT2D eigenvalue weighted by molar-refractivity contribution is -0.137. The highest BCUT2D eigenvalue weighted by molar-refractivity contribution is 5.55. The third kappa shape index (κ3) is 5.17. The van der Waals surface area contributed by atoms with E-state index in [1.807, 2.05) is 4.90 Å². The van der Waals surface area contributed by atoms with Crippen molar-refractivity contribution < 1.29 is 23.0 Å². The predicted molar refractivity (Wildman–Crippen MR) is 99.0 cm³/mol. The molecule has 0 saturated heterocycles. The minimum atomic E-state index is -4.57. The second-order valence-electron chi connectivity index (χ2n) is 6.88. The Labute approximate surface area is 161 Å². The third-order valence-electron chi connectivity index (χ3n) is 4.71. The maximum Gasteiger partial charge on any atom is 0.417 e. The van der Waals surface area contributed by atoms with Crippen LogP contribution in [0.1, 0.15) is 29.5 Å². The molecule has 7 heteroatoms. The summed E-state index contributed by atoms with van der Waals surface area (Å²) in [4.78, 5) is 1.89. The van der Waals surface area contributed by atoms with Crippen LogP contribution >= 0.6 is 0 Å². The number of aliphatic hydroxyl groups is 1. The van der Waals surface area contributed by atoms with Crippen molar-refractivity contribution in [3.05, 3.63) is 59.2 Å². The SMILES string of the molecule is N#Cc1ccc(N(CCOc2ccc(CO)cc2)CC2CC2)cc1C(F)(F)F. The normalized spacial score (nSPS) is 13.8. The topological polar surface area (TPSA) is 56.5 Å². The van der Waals surface area contributed by atoms with Gasteiger partial charge in [-0.1, -0.05) is 12.1 Å². The zero-order valence-electron chi connectivity index (χ0n) is 15.2. The highest BCUT2D eigenvalue weighted by Gasteiger charge is 2.34. The van der Waals surface area contributed by atoms with Crippen molar-refractivity contribution in [1.29, 1.82) is 5.26 Å². The van der Waals surface area contributed by atoms with Crippen molar-refractivity contribution in [3.8, 4) is 11.8 Å². The molecule has 0 aliphatic heterocycles. The Morgan fingerprint density at radius 3 is 2.43 bits per heavy atom. The smallest absolute Gasteiger partial charge is 0.417 e. The van der Waals surface area contributed by atoms with Gasteiger partial charge in [0.15, 0.2) is 0 Å². The number of nitriles is 1. The number of rotatable bonds is 8. The number of aliphatic hydroxyl groups excluding tert-OH is 1. The number of hydrogen-bond acceptors (Lipinski definition) is 4. The lowest BCUT2D eigenvalue weighted by Gasteiger charge is -2.26. The number of alkyl halides is 3. The van der Waals surface area contributed by atoms with Crippen LogP contribution in [0.4, 0.5) is 18.9 Å². The van der Waals surface area contributed by atoms with E-state index in [1.165, 1.54) is 6.07 Å². The van der Waals surface area contributed by atoms with Gasteiger partial charge in [0.2, 0.25) is 0 Å². The molecule has 1 fully saturated rings. The second-order valence-corrected chi connectivity index (χ2v) is 6.88. The van der Waals surface area contributed by atoms with Crippen LogP contribution in [0.25, 0.3) is 0 Å². The minimum absolute atomic E-state index is 0.0460. The van der Waals surface area contributed by atoms with Crippen LogP contribution in [0.2, 0.25) is 0 Å². The van der Waals surface area contributed by atoms with E-state index >= 15 is 0 Å². The van der Waals surface area contributed by atoms with E-state index in [1.54, 1.807) is 36.4 Å². The van der Waals surface area contributed by atoms with Crippen molar-refractivity contribution in [2.24, 2.45) is 5.92 Å². The summed E-state index contributed by atoms with van der Waals surface area (Å²) in [5, 5.41) is 18.0. The number of halogens is 3. The summed E-state index contributed by atoms with van der Waals surface area (Å²) in [5.41, 5.74) is -0.0610. The van der Waals surface area contributed by atoms with Gasteiger partial charge in [0, 0.05) is 12.2 Å². The Morgan fingerprint density at radius 2 is 1.86 bits per heavy atom. The van der Waals surface area contributed by atoms with Gasteiger partial charge in [-0.3, -0.25) is 0 Å². The molecule has 2 aromatic carbocycles. The van der Waals surface area contributed by atoms with Gasteiger partial charge in [-0.15, -0.1) is 0 Å². The summed E-state index contributed by atoms with van der Waals surface area (Å²) in [6.07, 6.45) is -2.43. The average molecular weight is 390 g/mol. The second kappa shape index (κ2) is 8.53. The highest BCUT2D eigenvalue weighted by atomic mass is 19.4. The molecular formula is C21H21F3N2O2. The number of hydrogen-bond donors (Lipinski definition) is 1. The molecule has 1 saturated carbocycles. The van der Waals surface area contributed by atoms with E-state index in [4.69, 9.17) is 15.1 Å². The first kappa shape index (κ1) is 20.0. The Morgan fingerprint density at radius 1 is 1.14 bits per heavy atom.